The SMILES string of the molecule is Nc1cc[n+]([C@@H]2O[C@H]([C@@H](N)P(=O)(O)O)[C@@H](O)[C@@H]2O)c(=O)[nH]1. The third-order valence-electron chi connectivity index (χ3n) is 3.17. The van der Waals surface area contributed by atoms with Crippen LogP contribution in [0.2, 0.25) is 0 Å². The van der Waals surface area contributed by atoms with E-state index in [9.17, 15) is 19.6 Å². The Morgan fingerprint density at radius 3 is 2.52 bits per heavy atom. The Bertz CT molecular complexity index is 631. The van der Waals surface area contributed by atoms with Crippen molar-refractivity contribution in [1.82, 2.24) is 4.98 Å². The van der Waals surface area contributed by atoms with Crippen molar-refractivity contribution in [2.75, 3.05) is 5.73 Å². The minimum absolute atomic E-state index is 0.0766. The summed E-state index contributed by atoms with van der Waals surface area (Å²) in [6.45, 7) is 0. The van der Waals surface area contributed by atoms with Crippen molar-refractivity contribution in [2.45, 2.75) is 30.3 Å². The number of aliphatic hydroxyl groups is 2. The molecule has 1 aliphatic rings. The van der Waals surface area contributed by atoms with Crippen LogP contribution in [0.1, 0.15) is 6.23 Å². The van der Waals surface area contributed by atoms with Crippen molar-refractivity contribution in [3.05, 3.63) is 22.7 Å². The van der Waals surface area contributed by atoms with Crippen molar-refractivity contribution in [1.29, 1.82) is 0 Å². The zero-order valence-electron chi connectivity index (χ0n) is 10.6. The molecular weight excluding hydrogens is 307 g/mol. The lowest BCUT2D eigenvalue weighted by Gasteiger charge is -2.21. The minimum atomic E-state index is -4.74. The van der Waals surface area contributed by atoms with Gasteiger partial charge in [0, 0.05) is 6.07 Å². The Labute approximate surface area is 117 Å². The van der Waals surface area contributed by atoms with Gasteiger partial charge in [0.1, 0.15) is 30.3 Å². The summed E-state index contributed by atoms with van der Waals surface area (Å²) < 4.78 is 17.2. The van der Waals surface area contributed by atoms with Gasteiger partial charge < -0.3 is 36.2 Å². The lowest BCUT2D eigenvalue weighted by molar-refractivity contribution is -0.779. The minimum Gasteiger partial charge on any atom is -0.387 e. The average molecular weight is 323 g/mol. The molecule has 0 bridgehead atoms. The van der Waals surface area contributed by atoms with E-state index >= 15 is 0 Å². The maximum absolute atomic E-state index is 11.7. The molecule has 9 N–H and O–H groups in total. The molecule has 118 valence electrons. The second-order valence-electron chi connectivity index (χ2n) is 4.66. The summed E-state index contributed by atoms with van der Waals surface area (Å²) in [5, 5.41) is 19.7. The first-order valence-corrected chi connectivity index (χ1v) is 7.53. The molecule has 1 saturated heterocycles. The van der Waals surface area contributed by atoms with E-state index in [2.05, 4.69) is 4.98 Å². The predicted octanol–water partition coefficient (Wildman–Crippen LogP) is -3.67. The van der Waals surface area contributed by atoms with Crippen molar-refractivity contribution in [2.24, 2.45) is 5.73 Å². The maximum atomic E-state index is 11.7. The summed E-state index contributed by atoms with van der Waals surface area (Å²) >= 11 is 0. The molecule has 0 unspecified atom stereocenters. The van der Waals surface area contributed by atoms with Gasteiger partial charge >= 0.3 is 13.3 Å². The molecule has 0 aromatic carbocycles. The number of aromatic amines is 1. The molecule has 2 heterocycles. The van der Waals surface area contributed by atoms with Crippen LogP contribution in [0.15, 0.2) is 17.1 Å². The second kappa shape index (κ2) is 5.46. The molecule has 1 aromatic heterocycles. The van der Waals surface area contributed by atoms with Crippen LogP contribution >= 0.6 is 7.60 Å². The quantitative estimate of drug-likeness (QED) is 0.216. The number of nitrogens with one attached hydrogen (secondary N) is 1. The summed E-state index contributed by atoms with van der Waals surface area (Å²) in [7, 11) is -4.74. The number of hydrogen-bond acceptors (Lipinski definition) is 7. The van der Waals surface area contributed by atoms with Gasteiger partial charge in [-0.15, -0.1) is 0 Å². The Hall–Kier alpha value is -1.33. The number of ether oxygens (including phenoxy) is 1. The number of nitrogen functional groups attached to an aromatic ring is 1. The fraction of sp³-hybridized carbons (Fsp3) is 0.556. The monoisotopic (exact) mass is 323 g/mol. The van der Waals surface area contributed by atoms with Crippen LogP contribution in [0.4, 0.5) is 5.82 Å². The van der Waals surface area contributed by atoms with Gasteiger partial charge in [-0.05, 0) is 0 Å². The van der Waals surface area contributed by atoms with Crippen LogP contribution in [0.5, 0.6) is 0 Å². The van der Waals surface area contributed by atoms with Crippen LogP contribution in [0.25, 0.3) is 0 Å². The van der Waals surface area contributed by atoms with Gasteiger partial charge in [0.15, 0.2) is 5.82 Å². The highest BCUT2D eigenvalue weighted by molar-refractivity contribution is 7.52. The van der Waals surface area contributed by atoms with E-state index in [4.69, 9.17) is 26.0 Å². The summed E-state index contributed by atoms with van der Waals surface area (Å²) in [5.74, 6) is -1.76. The highest BCUT2D eigenvalue weighted by Crippen LogP contribution is 2.44. The van der Waals surface area contributed by atoms with Crippen molar-refractivity contribution in [3.63, 3.8) is 0 Å². The number of aromatic nitrogens is 2. The van der Waals surface area contributed by atoms with Crippen LogP contribution in [0.3, 0.4) is 0 Å². The van der Waals surface area contributed by atoms with E-state index in [1.54, 1.807) is 0 Å². The highest BCUT2D eigenvalue weighted by atomic mass is 31.2. The van der Waals surface area contributed by atoms with E-state index in [1.165, 1.54) is 12.3 Å². The van der Waals surface area contributed by atoms with Crippen LogP contribution < -0.4 is 21.7 Å². The Balaban J connectivity index is 2.32. The first kappa shape index (κ1) is 16.0. The number of anilines is 1. The number of H-pyrrole nitrogens is 1. The Kier molecular flexibility index (Phi) is 4.17. The third-order valence-corrected chi connectivity index (χ3v) is 4.25. The van der Waals surface area contributed by atoms with Gasteiger partial charge in [0.05, 0.1) is 0 Å². The molecule has 2 rings (SSSR count). The van der Waals surface area contributed by atoms with Gasteiger partial charge in [-0.3, -0.25) is 4.57 Å². The van der Waals surface area contributed by atoms with Crippen molar-refractivity contribution < 1.29 is 33.9 Å². The normalized spacial score (nSPS) is 31.3. The van der Waals surface area contributed by atoms with E-state index < -0.39 is 43.6 Å². The molecule has 1 fully saturated rings. The molecular formula is C9H16N4O7P+. The van der Waals surface area contributed by atoms with Crippen LogP contribution in [-0.4, -0.2) is 49.1 Å². The van der Waals surface area contributed by atoms with Gasteiger partial charge in [-0.2, -0.15) is 14.3 Å². The average Bonchev–Trinajstić information content (AvgIpc) is 2.65. The van der Waals surface area contributed by atoms with Gasteiger partial charge in [0.25, 0.3) is 0 Å². The summed E-state index contributed by atoms with van der Waals surface area (Å²) in [5.41, 5.74) is 9.99. The molecule has 0 saturated carbocycles. The Morgan fingerprint density at radius 1 is 1.38 bits per heavy atom. The molecule has 12 heteroatoms. The zero-order valence-corrected chi connectivity index (χ0v) is 11.5. The van der Waals surface area contributed by atoms with E-state index in [0.29, 0.717) is 0 Å². The smallest absolute Gasteiger partial charge is 0.387 e. The predicted molar refractivity (Wildman–Crippen MR) is 67.6 cm³/mol. The lowest BCUT2D eigenvalue weighted by atomic mass is 10.1. The number of rotatable bonds is 3. The zero-order chi connectivity index (χ0) is 15.9. The van der Waals surface area contributed by atoms with Gasteiger partial charge in [-0.1, -0.05) is 0 Å². The summed E-state index contributed by atoms with van der Waals surface area (Å²) in [4.78, 5) is 32.0. The summed E-state index contributed by atoms with van der Waals surface area (Å²) in [6.07, 6.45) is -4.94. The number of nitrogens with two attached hydrogens (primary N) is 2. The molecule has 0 radical (unpaired) electrons. The molecule has 1 aromatic rings. The fourth-order valence-corrected chi connectivity index (χ4v) is 2.68. The first-order valence-electron chi connectivity index (χ1n) is 5.85. The molecule has 0 aliphatic carbocycles. The lowest BCUT2D eigenvalue weighted by Crippen LogP contribution is -2.58. The van der Waals surface area contributed by atoms with Gasteiger partial charge in [-0.25, -0.2) is 0 Å². The highest BCUT2D eigenvalue weighted by Gasteiger charge is 2.52. The van der Waals surface area contributed by atoms with Crippen molar-refractivity contribution >= 4 is 13.4 Å². The molecule has 11 nitrogen and oxygen atoms in total. The molecule has 1 aliphatic heterocycles. The molecule has 0 amide bonds. The standard InChI is InChI=1S/C9H15N4O7P/c10-3-1-2-13(9(16)12-3)8-5(15)4(14)6(20-8)7(11)21(17,18)19/h1-2,4-8,14-15H,11H2,(H4,10,12,16,17,18,19)/p+1/t4-,5-,6-,7-,8+/m0/s1. The van der Waals surface area contributed by atoms with Crippen LogP contribution in [0, 0.1) is 0 Å². The largest absolute Gasteiger partial charge is 0.499 e. The van der Waals surface area contributed by atoms with Crippen molar-refractivity contribution in [3.8, 4) is 0 Å². The van der Waals surface area contributed by atoms with E-state index in [-0.39, 0.29) is 5.82 Å². The second-order valence-corrected chi connectivity index (χ2v) is 6.44. The number of aliphatic hydroxyl groups excluding tert-OH is 2. The molecule has 5 atom stereocenters. The Morgan fingerprint density at radius 2 is 2.00 bits per heavy atom. The molecule has 0 spiro atoms. The maximum Gasteiger partial charge on any atom is 0.499 e. The topological polar surface area (TPSA) is 196 Å². The van der Waals surface area contributed by atoms with E-state index in [1.807, 2.05) is 0 Å². The number of nitrogens with zero attached hydrogens (tertiary/aromatic N) is 1. The van der Waals surface area contributed by atoms with E-state index in [0.717, 1.165) is 4.57 Å². The number of hydrogen-bond donors (Lipinski definition) is 7. The summed E-state index contributed by atoms with van der Waals surface area (Å²) in [6, 6.07) is 1.32. The fourth-order valence-electron chi connectivity index (χ4n) is 2.05. The van der Waals surface area contributed by atoms with Crippen LogP contribution in [-0.2, 0) is 9.30 Å². The first-order chi connectivity index (χ1) is 9.62. The molecule has 21 heavy (non-hydrogen) atoms. The van der Waals surface area contributed by atoms with Gasteiger partial charge in [0.2, 0.25) is 6.23 Å². The third kappa shape index (κ3) is 2.99.